The van der Waals surface area contributed by atoms with Crippen molar-refractivity contribution in [2.75, 3.05) is 6.61 Å². The van der Waals surface area contributed by atoms with Crippen molar-refractivity contribution in [1.29, 1.82) is 0 Å². The maximum Gasteiger partial charge on any atom is 0.478 e. The fourth-order valence-electron chi connectivity index (χ4n) is 5.38. The van der Waals surface area contributed by atoms with E-state index in [9.17, 15) is 0 Å². The van der Waals surface area contributed by atoms with E-state index in [4.69, 9.17) is 20.9 Å². The Bertz CT molecular complexity index is 997. The molecule has 4 atom stereocenters. The Morgan fingerprint density at radius 1 is 0.744 bits per heavy atom. The van der Waals surface area contributed by atoms with E-state index in [2.05, 4.69) is 133 Å². The summed E-state index contributed by atoms with van der Waals surface area (Å²) in [6.45, 7) is 26.9. The quantitative estimate of drug-likeness (QED) is 0.176. The summed E-state index contributed by atoms with van der Waals surface area (Å²) in [4.78, 5) is 0. The molecule has 0 fully saturated rings. The van der Waals surface area contributed by atoms with Crippen molar-refractivity contribution < 1.29 is 20.9 Å². The minimum atomic E-state index is -2.96. The summed E-state index contributed by atoms with van der Waals surface area (Å²) >= 11 is 0. The Kier molecular flexibility index (Phi) is 12.4. The Morgan fingerprint density at radius 3 is 1.77 bits per heavy atom. The molecular formula is C29H54O5Si5. The zero-order valence-electron chi connectivity index (χ0n) is 26.6. The van der Waals surface area contributed by atoms with E-state index < -0.39 is 43.3 Å². The highest BCUT2D eigenvalue weighted by atomic mass is 28.5. The Hall–Kier alpha value is -0.676. The maximum atomic E-state index is 7.12. The highest BCUT2D eigenvalue weighted by Gasteiger charge is 2.50. The lowest BCUT2D eigenvalue weighted by molar-refractivity contribution is 0.159. The fourth-order valence-corrected chi connectivity index (χ4v) is 24.5. The number of rotatable bonds is 16. The molecule has 0 amide bonds. The van der Waals surface area contributed by atoms with Gasteiger partial charge in [0.25, 0.3) is 9.28 Å². The van der Waals surface area contributed by atoms with Crippen molar-refractivity contribution in [3.8, 4) is 0 Å². The van der Waals surface area contributed by atoms with Crippen LogP contribution in [-0.2, 0) is 26.3 Å². The standard InChI is InChI=1S/C29H54O5Si5/c1-13-30-39(12,33-37(8,9)10)34-38(11,32-35(4)31-36(5,6)7)25-27(26-20-16-14-17-21-26)24-29(2,3)28-22-18-15-19-23-28/h14-23,27,35H,13,24-25H2,1-12H3. The number of hydrogen-bond donors (Lipinski definition) is 0. The molecule has 0 aliphatic heterocycles. The average molecular weight is 623 g/mol. The molecule has 2 rings (SSSR count). The van der Waals surface area contributed by atoms with Crippen LogP contribution in [0.4, 0.5) is 0 Å². The molecule has 220 valence electrons. The molecule has 10 heteroatoms. The zero-order chi connectivity index (χ0) is 29.5. The Balaban J connectivity index is 2.52. The van der Waals surface area contributed by atoms with Gasteiger partial charge in [-0.15, -0.1) is 0 Å². The number of hydrogen-bond acceptors (Lipinski definition) is 5. The second-order valence-electron chi connectivity index (χ2n) is 13.4. The second kappa shape index (κ2) is 14.0. The molecule has 2 aromatic rings. The normalized spacial score (nSPS) is 17.7. The van der Waals surface area contributed by atoms with Gasteiger partial charge >= 0.3 is 17.4 Å². The minimum absolute atomic E-state index is 0.0234. The molecule has 5 nitrogen and oxygen atoms in total. The molecule has 0 saturated carbocycles. The monoisotopic (exact) mass is 622 g/mol. The highest BCUT2D eigenvalue weighted by molar-refractivity contribution is 6.86. The van der Waals surface area contributed by atoms with E-state index in [0.717, 1.165) is 12.5 Å². The molecule has 0 heterocycles. The van der Waals surface area contributed by atoms with Crippen molar-refractivity contribution in [1.82, 2.24) is 0 Å². The van der Waals surface area contributed by atoms with Crippen LogP contribution in [0.15, 0.2) is 60.7 Å². The van der Waals surface area contributed by atoms with Gasteiger partial charge in [-0.2, -0.15) is 0 Å². The van der Waals surface area contributed by atoms with Crippen molar-refractivity contribution in [2.24, 2.45) is 0 Å². The van der Waals surface area contributed by atoms with E-state index >= 15 is 0 Å². The Morgan fingerprint density at radius 2 is 1.28 bits per heavy atom. The summed E-state index contributed by atoms with van der Waals surface area (Å²) < 4.78 is 33.6. The molecule has 0 bridgehead atoms. The second-order valence-corrected chi connectivity index (χ2v) is 31.2. The van der Waals surface area contributed by atoms with E-state index in [1.165, 1.54) is 11.1 Å². The third kappa shape index (κ3) is 12.4. The van der Waals surface area contributed by atoms with Gasteiger partial charge in [-0.1, -0.05) is 74.5 Å². The topological polar surface area (TPSA) is 46.2 Å². The minimum Gasteiger partial charge on any atom is -0.439 e. The van der Waals surface area contributed by atoms with Crippen LogP contribution in [0.1, 0.15) is 44.2 Å². The van der Waals surface area contributed by atoms with Gasteiger partial charge in [-0.3, -0.25) is 0 Å². The first kappa shape index (κ1) is 34.5. The highest BCUT2D eigenvalue weighted by Crippen LogP contribution is 2.41. The van der Waals surface area contributed by atoms with Crippen molar-refractivity contribution in [2.45, 2.75) is 103 Å². The van der Waals surface area contributed by atoms with E-state index in [1.807, 2.05) is 6.92 Å². The van der Waals surface area contributed by atoms with Gasteiger partial charge in [0.05, 0.1) is 0 Å². The van der Waals surface area contributed by atoms with Crippen LogP contribution in [0.5, 0.6) is 0 Å². The van der Waals surface area contributed by atoms with Crippen LogP contribution in [0.3, 0.4) is 0 Å². The van der Waals surface area contributed by atoms with Gasteiger partial charge < -0.3 is 20.9 Å². The molecule has 39 heavy (non-hydrogen) atoms. The third-order valence-electron chi connectivity index (χ3n) is 6.43. The molecule has 0 radical (unpaired) electrons. The molecule has 0 saturated heterocycles. The Labute approximate surface area is 245 Å². The first-order valence-electron chi connectivity index (χ1n) is 14.4. The van der Waals surface area contributed by atoms with Crippen LogP contribution in [0.2, 0.25) is 65.0 Å². The predicted molar refractivity (Wildman–Crippen MR) is 177 cm³/mol. The van der Waals surface area contributed by atoms with Crippen LogP contribution in [0.25, 0.3) is 0 Å². The first-order chi connectivity index (χ1) is 17.9. The van der Waals surface area contributed by atoms with Crippen molar-refractivity contribution in [3.05, 3.63) is 71.8 Å². The molecule has 4 unspecified atom stereocenters. The molecular weight excluding hydrogens is 569 g/mol. The zero-order valence-corrected chi connectivity index (χ0v) is 31.7. The van der Waals surface area contributed by atoms with Crippen LogP contribution in [0, 0.1) is 0 Å². The summed E-state index contributed by atoms with van der Waals surface area (Å²) in [5.74, 6) is 0.248. The molecule has 0 N–H and O–H groups in total. The average Bonchev–Trinajstić information content (AvgIpc) is 2.76. The van der Waals surface area contributed by atoms with E-state index in [0.29, 0.717) is 6.61 Å². The predicted octanol–water partition coefficient (Wildman–Crippen LogP) is 8.40. The van der Waals surface area contributed by atoms with Crippen LogP contribution < -0.4 is 0 Å². The summed E-state index contributed by atoms with van der Waals surface area (Å²) in [7, 11) is -11.4. The molecule has 0 spiro atoms. The molecule has 0 aliphatic carbocycles. The van der Waals surface area contributed by atoms with Gasteiger partial charge in [0.2, 0.25) is 0 Å². The number of benzene rings is 2. The first-order valence-corrected chi connectivity index (χ1v) is 28.0. The van der Waals surface area contributed by atoms with Crippen LogP contribution >= 0.6 is 0 Å². The maximum absolute atomic E-state index is 7.12. The summed E-state index contributed by atoms with van der Waals surface area (Å²) in [5, 5.41) is 0. The van der Waals surface area contributed by atoms with Gasteiger partial charge in [-0.05, 0) is 94.2 Å². The SMILES string of the molecule is CCO[Si](C)(O[Si](C)(C)C)O[Si](C)(CC(CC(C)(C)c1ccccc1)c1ccccc1)O[SiH](C)O[Si](C)(C)C. The van der Waals surface area contributed by atoms with Gasteiger partial charge in [0.15, 0.2) is 16.6 Å². The fraction of sp³-hybridized carbons (Fsp3) is 0.586. The smallest absolute Gasteiger partial charge is 0.439 e. The van der Waals surface area contributed by atoms with Crippen LogP contribution in [-0.4, -0.2) is 49.9 Å². The van der Waals surface area contributed by atoms with Gasteiger partial charge in [0.1, 0.15) is 0 Å². The van der Waals surface area contributed by atoms with Crippen molar-refractivity contribution in [3.63, 3.8) is 0 Å². The van der Waals surface area contributed by atoms with Gasteiger partial charge in [-0.25, -0.2) is 0 Å². The lowest BCUT2D eigenvalue weighted by Crippen LogP contribution is -2.59. The summed E-state index contributed by atoms with van der Waals surface area (Å²) in [6.07, 6.45) is 0.975. The van der Waals surface area contributed by atoms with Gasteiger partial charge in [0, 0.05) is 13.2 Å². The molecule has 0 aliphatic rings. The molecule has 0 aromatic heterocycles. The van der Waals surface area contributed by atoms with E-state index in [-0.39, 0.29) is 11.3 Å². The third-order valence-corrected chi connectivity index (χ3v) is 23.1. The summed E-state index contributed by atoms with van der Waals surface area (Å²) in [6, 6.07) is 22.5. The van der Waals surface area contributed by atoms with E-state index in [1.54, 1.807) is 0 Å². The van der Waals surface area contributed by atoms with Crippen molar-refractivity contribution >= 4 is 43.3 Å². The summed E-state index contributed by atoms with van der Waals surface area (Å²) in [5.41, 5.74) is 2.64. The molecule has 2 aromatic carbocycles. The lowest BCUT2D eigenvalue weighted by atomic mass is 9.76. The largest absolute Gasteiger partial charge is 0.478 e. The lowest BCUT2D eigenvalue weighted by Gasteiger charge is -2.42.